The van der Waals surface area contributed by atoms with Crippen molar-refractivity contribution >= 4 is 11.9 Å². The molecule has 0 amide bonds. The Balaban J connectivity index is 1.05. The van der Waals surface area contributed by atoms with Crippen LogP contribution >= 0.6 is 0 Å². The molecule has 8 nitrogen and oxygen atoms in total. The molecule has 65 heavy (non-hydrogen) atoms. The van der Waals surface area contributed by atoms with Crippen molar-refractivity contribution in [3.63, 3.8) is 0 Å². The molecule has 3 spiro atoms. The molecule has 16 atom stereocenters. The van der Waals surface area contributed by atoms with Crippen LogP contribution in [0.25, 0.3) is 0 Å². The van der Waals surface area contributed by atoms with Gasteiger partial charge in [0.15, 0.2) is 11.4 Å². The van der Waals surface area contributed by atoms with Gasteiger partial charge >= 0.3 is 11.9 Å². The van der Waals surface area contributed by atoms with Crippen LogP contribution in [0.4, 0.5) is 0 Å². The maximum absolute atomic E-state index is 16.3. The number of hydrogen-bond acceptors (Lipinski definition) is 8. The molecule has 1 aromatic carbocycles. The van der Waals surface area contributed by atoms with Crippen molar-refractivity contribution < 1.29 is 24.2 Å². The van der Waals surface area contributed by atoms with E-state index in [9.17, 15) is 5.11 Å². The summed E-state index contributed by atoms with van der Waals surface area (Å²) >= 11 is 0. The number of nitrogens with two attached hydrogens (primary N) is 1. The zero-order valence-electron chi connectivity index (χ0n) is 38.3. The number of aliphatic hydroxyl groups is 1. The van der Waals surface area contributed by atoms with Gasteiger partial charge in [0.25, 0.3) is 0 Å². The third kappa shape index (κ3) is 4.51. The van der Waals surface area contributed by atoms with E-state index in [1.54, 1.807) is 11.3 Å². The van der Waals surface area contributed by atoms with Crippen LogP contribution in [0.1, 0.15) is 125 Å². The lowest BCUT2D eigenvalue weighted by molar-refractivity contribution is -0.282. The molecule has 7 heterocycles. The van der Waals surface area contributed by atoms with Gasteiger partial charge < -0.3 is 25.2 Å². The van der Waals surface area contributed by atoms with E-state index in [-0.39, 0.29) is 53.5 Å². The summed E-state index contributed by atoms with van der Waals surface area (Å²) in [7, 11) is 0. The standard InChI is InChI=1S/C57H67N3O5/c1-30-15-17-38-37-13-5-11-33-26-34-16-19-43-35-27-36-29-60(43)50(34)48(46(33)37)40-21-22-55-52(51(61)39-18-20-42(36)59(28-35)44(39)25-31-8-3-2-4-9-31)64-54(63)56(55,49(38)40)45(24-30)57(55)41-14-6-10-32(12-7-23-58)47(41)53(62)65-57/h5-6,10,13-17,19,30-31,33,35-39,42-46,48,61H,2-4,7-9,11-12,18,20-29,58H2,1H3/b17-15-,52-51+/t30-,33+,35+,36+,37+,38-,39-,42+,43+,44+,45+,46-,48+,55-,56-,57-/m1/s1. The van der Waals surface area contributed by atoms with E-state index in [2.05, 4.69) is 71.4 Å². The minimum absolute atomic E-state index is 0.0322. The van der Waals surface area contributed by atoms with Crippen LogP contribution in [0.3, 0.4) is 0 Å². The van der Waals surface area contributed by atoms with Crippen molar-refractivity contribution in [2.75, 3.05) is 19.6 Å². The number of ether oxygens (including phenoxy) is 2. The highest BCUT2D eigenvalue weighted by Crippen LogP contribution is 2.88. The molecule has 7 aliphatic heterocycles. The van der Waals surface area contributed by atoms with Crippen molar-refractivity contribution in [3.05, 3.63) is 105 Å². The van der Waals surface area contributed by atoms with Gasteiger partial charge in [-0.3, -0.25) is 9.69 Å². The second-order valence-corrected chi connectivity index (χ2v) is 24.0. The van der Waals surface area contributed by atoms with Crippen molar-refractivity contribution in [2.24, 2.45) is 81.7 Å². The summed E-state index contributed by atoms with van der Waals surface area (Å²) in [5, 5.41) is 13.8. The number of fused-ring (bicyclic) bond motifs is 9. The Morgan fingerprint density at radius 1 is 0.969 bits per heavy atom. The number of carbonyl (C=O) groups excluding carboxylic acids is 2. The molecule has 3 N–H and O–H groups in total. The van der Waals surface area contributed by atoms with E-state index in [4.69, 9.17) is 15.2 Å². The van der Waals surface area contributed by atoms with Crippen LogP contribution in [0.2, 0.25) is 0 Å². The van der Waals surface area contributed by atoms with Crippen molar-refractivity contribution in [1.82, 2.24) is 9.80 Å². The summed E-state index contributed by atoms with van der Waals surface area (Å²) in [4.78, 5) is 37.2. The Morgan fingerprint density at radius 2 is 1.86 bits per heavy atom. The van der Waals surface area contributed by atoms with Gasteiger partial charge in [-0.15, -0.1) is 0 Å². The average molecular weight is 874 g/mol. The predicted octanol–water partition coefficient (Wildman–Crippen LogP) is 9.59. The molecule has 1 aromatic rings. The SMILES string of the molecule is C[C@@H]1/C=C\[C@H]2C3=C4CC[C@@]56/C(=C(\O)[C@@H]7CC[C@H]8[C@H]9C[C@@H](CN8[C@H]7CC7CCCCC7)[C@@H]7C=CC8=C([C@@H]4[C@@H]4[C@@H](CC=C[C@H]42)C8)N7C9)OC(=O)[C@@]35[C@H](C1)[C@@]61OC(=O)c2c(CCCN)cccc21. The first-order chi connectivity index (χ1) is 31.8. The summed E-state index contributed by atoms with van der Waals surface area (Å²) in [6, 6.07) is 7.37. The summed E-state index contributed by atoms with van der Waals surface area (Å²) in [5.74, 6) is 3.26. The number of benzene rings is 1. The Bertz CT molecular complexity index is 2520. The molecule has 0 aromatic heterocycles. The largest absolute Gasteiger partial charge is 0.508 e. The van der Waals surface area contributed by atoms with E-state index >= 15 is 9.59 Å². The van der Waals surface area contributed by atoms with Crippen LogP contribution < -0.4 is 5.73 Å². The Kier molecular flexibility index (Phi) is 8.08. The lowest BCUT2D eigenvalue weighted by Crippen LogP contribution is -2.78. The lowest BCUT2D eigenvalue weighted by Gasteiger charge is -2.73. The van der Waals surface area contributed by atoms with Gasteiger partial charge in [0, 0.05) is 60.1 Å². The van der Waals surface area contributed by atoms with Gasteiger partial charge in [-0.1, -0.05) is 99.3 Å². The smallest absolute Gasteiger partial charge is 0.339 e. The van der Waals surface area contributed by atoms with Gasteiger partial charge in [0.1, 0.15) is 11.2 Å². The van der Waals surface area contributed by atoms with Crippen molar-refractivity contribution in [3.8, 4) is 0 Å². The van der Waals surface area contributed by atoms with Crippen LogP contribution in [0.5, 0.6) is 0 Å². The van der Waals surface area contributed by atoms with Gasteiger partial charge in [-0.25, -0.2) is 4.79 Å². The molecule has 7 aliphatic carbocycles. The first-order valence-electron chi connectivity index (χ1n) is 26.5. The molecule has 0 radical (unpaired) electrons. The number of hydrogen-bond donors (Lipinski definition) is 2. The fourth-order valence-electron chi connectivity index (χ4n) is 19.8. The molecule has 2 saturated carbocycles. The third-order valence-corrected chi connectivity index (χ3v) is 21.7. The summed E-state index contributed by atoms with van der Waals surface area (Å²) < 4.78 is 14.5. The number of rotatable bonds is 5. The number of carbonyl (C=O) groups is 2. The average Bonchev–Trinajstić information content (AvgIpc) is 3.78. The number of aliphatic hydroxyl groups excluding tert-OH is 1. The predicted molar refractivity (Wildman–Crippen MR) is 246 cm³/mol. The number of aryl methyl sites for hydroxylation is 1. The van der Waals surface area contributed by atoms with E-state index in [1.807, 2.05) is 0 Å². The molecule has 4 saturated heterocycles. The first-order valence-corrected chi connectivity index (χ1v) is 26.5. The highest BCUT2D eigenvalue weighted by atomic mass is 16.6. The molecular formula is C57H67N3O5. The second kappa shape index (κ2) is 13.4. The number of nitrogens with zero attached hydrogens (tertiary/aromatic N) is 2. The topological polar surface area (TPSA) is 105 Å². The summed E-state index contributed by atoms with van der Waals surface area (Å²) in [6.45, 7) is 5.01. The summed E-state index contributed by atoms with van der Waals surface area (Å²) in [5.41, 5.74) is 11.3. The normalized spacial score (nSPS) is 48.3. The van der Waals surface area contributed by atoms with Gasteiger partial charge in [0.2, 0.25) is 0 Å². The van der Waals surface area contributed by atoms with E-state index in [1.165, 1.54) is 49.7 Å². The van der Waals surface area contributed by atoms with Gasteiger partial charge in [-0.05, 0) is 135 Å². The minimum Gasteiger partial charge on any atom is -0.508 e. The molecule has 7 bridgehead atoms. The van der Waals surface area contributed by atoms with Crippen LogP contribution in [0, 0.1) is 75.9 Å². The molecule has 15 rings (SSSR count). The number of piperidine rings is 3. The van der Waals surface area contributed by atoms with E-state index in [0.717, 1.165) is 69.2 Å². The molecule has 340 valence electrons. The maximum atomic E-state index is 16.3. The third-order valence-electron chi connectivity index (χ3n) is 21.7. The van der Waals surface area contributed by atoms with E-state index in [0.29, 0.717) is 84.6 Å². The van der Waals surface area contributed by atoms with Crippen LogP contribution in [0.15, 0.2) is 88.6 Å². The van der Waals surface area contributed by atoms with Gasteiger partial charge in [-0.2, -0.15) is 0 Å². The quantitative estimate of drug-likeness (QED) is 0.223. The van der Waals surface area contributed by atoms with E-state index < -0.39 is 16.4 Å². The van der Waals surface area contributed by atoms with Gasteiger partial charge in [0.05, 0.1) is 17.0 Å². The molecule has 6 fully saturated rings. The maximum Gasteiger partial charge on any atom is 0.339 e. The fraction of sp³-hybridized carbons (Fsp3) is 0.649. The van der Waals surface area contributed by atoms with Crippen LogP contribution in [-0.2, 0) is 26.3 Å². The van der Waals surface area contributed by atoms with Crippen LogP contribution in [-0.4, -0.2) is 64.6 Å². The zero-order chi connectivity index (χ0) is 43.3. The highest BCUT2D eigenvalue weighted by molar-refractivity contribution is 6.00. The van der Waals surface area contributed by atoms with Crippen molar-refractivity contribution in [1.29, 1.82) is 0 Å². The molecule has 8 heteroatoms. The monoisotopic (exact) mass is 874 g/mol. The highest BCUT2D eigenvalue weighted by Gasteiger charge is 2.94. The second-order valence-electron chi connectivity index (χ2n) is 24.0. The van der Waals surface area contributed by atoms with Crippen molar-refractivity contribution in [2.45, 2.75) is 133 Å². The Morgan fingerprint density at radius 3 is 2.74 bits per heavy atom. The molecule has 14 aliphatic rings. The lowest BCUT2D eigenvalue weighted by atomic mass is 9.27. The summed E-state index contributed by atoms with van der Waals surface area (Å²) in [6.07, 6.45) is 31.8. The molecule has 0 unspecified atom stereocenters. The molecular weight excluding hydrogens is 807 g/mol. The fourth-order valence-corrected chi connectivity index (χ4v) is 19.8. The first kappa shape index (κ1) is 39.1. The Labute approximate surface area is 384 Å². The number of allylic oxidation sites excluding steroid dienone is 7. The zero-order valence-corrected chi connectivity index (χ0v) is 38.3. The Hall–Kier alpha value is -3.88. The minimum atomic E-state index is -1.15. The number of esters is 2.